The number of hydrogen-bond donors (Lipinski definition) is 1. The Hall–Kier alpha value is -1.39. The topological polar surface area (TPSA) is 48.1 Å². The third-order valence-electron chi connectivity index (χ3n) is 3.16. The molecular weight excluding hydrogens is 316 g/mol. The second-order valence-corrected chi connectivity index (χ2v) is 5.83. The highest BCUT2D eigenvalue weighted by Gasteiger charge is 2.06. The molecule has 4 heteroatoms. The number of pyridine rings is 1. The molecule has 2 N–H and O–H groups in total. The quantitative estimate of drug-likeness (QED) is 0.890. The van der Waals surface area contributed by atoms with Gasteiger partial charge in [-0.2, -0.15) is 0 Å². The molecule has 0 bridgehead atoms. The van der Waals surface area contributed by atoms with E-state index in [4.69, 9.17) is 10.5 Å². The van der Waals surface area contributed by atoms with Gasteiger partial charge in [-0.1, -0.05) is 22.9 Å². The molecule has 3 nitrogen and oxygen atoms in total. The fourth-order valence-electron chi connectivity index (χ4n) is 1.93. The lowest BCUT2D eigenvalue weighted by molar-refractivity contribution is 0.475. The van der Waals surface area contributed by atoms with Crippen molar-refractivity contribution in [3.63, 3.8) is 0 Å². The molecule has 1 heterocycles. The van der Waals surface area contributed by atoms with Crippen molar-refractivity contribution in [2.75, 3.05) is 0 Å². The van der Waals surface area contributed by atoms with Crippen molar-refractivity contribution >= 4 is 15.9 Å². The van der Waals surface area contributed by atoms with Gasteiger partial charge in [-0.25, -0.2) is 0 Å². The zero-order chi connectivity index (χ0) is 14.5. The van der Waals surface area contributed by atoms with Gasteiger partial charge in [0.25, 0.3) is 0 Å². The van der Waals surface area contributed by atoms with Crippen LogP contribution in [0.5, 0.6) is 11.5 Å². The van der Waals surface area contributed by atoms with Gasteiger partial charge in [0.05, 0.1) is 6.20 Å². The van der Waals surface area contributed by atoms with Gasteiger partial charge >= 0.3 is 0 Å². The molecule has 0 spiro atoms. The Bertz CT molecular complexity index is 586. The van der Waals surface area contributed by atoms with Crippen LogP contribution in [0.1, 0.15) is 24.5 Å². The van der Waals surface area contributed by atoms with Crippen molar-refractivity contribution in [3.8, 4) is 11.5 Å². The third-order valence-corrected chi connectivity index (χ3v) is 3.65. The monoisotopic (exact) mass is 334 g/mol. The molecule has 2 rings (SSSR count). The molecule has 1 aromatic heterocycles. The first kappa shape index (κ1) is 15.0. The van der Waals surface area contributed by atoms with Crippen LogP contribution in [0.2, 0.25) is 0 Å². The molecule has 0 amide bonds. The SMILES string of the molecule is CCC(N)Cc1cncc(Oc2ccc(Br)cc2C)c1. The second kappa shape index (κ2) is 6.86. The molecular formula is C16H19BrN2O. The van der Waals surface area contributed by atoms with Crippen molar-refractivity contribution in [3.05, 3.63) is 52.3 Å². The Morgan fingerprint density at radius 3 is 2.80 bits per heavy atom. The van der Waals surface area contributed by atoms with Crippen molar-refractivity contribution < 1.29 is 4.74 Å². The summed E-state index contributed by atoms with van der Waals surface area (Å²) >= 11 is 3.45. The smallest absolute Gasteiger partial charge is 0.145 e. The summed E-state index contributed by atoms with van der Waals surface area (Å²) in [6.45, 7) is 4.11. The molecule has 1 unspecified atom stereocenters. The van der Waals surface area contributed by atoms with E-state index < -0.39 is 0 Å². The maximum absolute atomic E-state index is 5.97. The van der Waals surface area contributed by atoms with Gasteiger partial charge in [0.1, 0.15) is 11.5 Å². The molecule has 1 atom stereocenters. The predicted molar refractivity (Wildman–Crippen MR) is 85.2 cm³/mol. The van der Waals surface area contributed by atoms with Crippen LogP contribution in [0.4, 0.5) is 0 Å². The summed E-state index contributed by atoms with van der Waals surface area (Å²) in [5.41, 5.74) is 8.16. The summed E-state index contributed by atoms with van der Waals surface area (Å²) in [6.07, 6.45) is 5.34. The van der Waals surface area contributed by atoms with Gasteiger partial charge in [0, 0.05) is 16.7 Å². The van der Waals surface area contributed by atoms with Crippen LogP contribution in [-0.4, -0.2) is 11.0 Å². The lowest BCUT2D eigenvalue weighted by Crippen LogP contribution is -2.21. The number of halogens is 1. The summed E-state index contributed by atoms with van der Waals surface area (Å²) in [5, 5.41) is 0. The van der Waals surface area contributed by atoms with Crippen LogP contribution in [0, 0.1) is 6.92 Å². The fourth-order valence-corrected chi connectivity index (χ4v) is 2.41. The van der Waals surface area contributed by atoms with E-state index in [1.807, 2.05) is 37.4 Å². The number of nitrogens with zero attached hydrogens (tertiary/aromatic N) is 1. The Labute approximate surface area is 128 Å². The molecule has 106 valence electrons. The fraction of sp³-hybridized carbons (Fsp3) is 0.312. The molecule has 0 saturated carbocycles. The van der Waals surface area contributed by atoms with Gasteiger partial charge in [-0.05, 0) is 55.2 Å². The van der Waals surface area contributed by atoms with Gasteiger partial charge in [-0.15, -0.1) is 0 Å². The van der Waals surface area contributed by atoms with E-state index in [9.17, 15) is 0 Å². The van der Waals surface area contributed by atoms with E-state index >= 15 is 0 Å². The molecule has 0 saturated heterocycles. The maximum atomic E-state index is 5.97. The Morgan fingerprint density at radius 2 is 2.10 bits per heavy atom. The summed E-state index contributed by atoms with van der Waals surface area (Å²) < 4.78 is 6.94. The average molecular weight is 335 g/mol. The van der Waals surface area contributed by atoms with E-state index in [2.05, 4.69) is 27.8 Å². The first-order chi connectivity index (χ1) is 9.58. The zero-order valence-corrected chi connectivity index (χ0v) is 13.4. The van der Waals surface area contributed by atoms with E-state index in [1.54, 1.807) is 6.20 Å². The van der Waals surface area contributed by atoms with Crippen molar-refractivity contribution in [2.45, 2.75) is 32.7 Å². The number of ether oxygens (including phenoxy) is 1. The minimum atomic E-state index is 0.168. The number of aryl methyl sites for hydroxylation is 1. The minimum Gasteiger partial charge on any atom is -0.455 e. The van der Waals surface area contributed by atoms with Gasteiger partial charge in [-0.3, -0.25) is 4.98 Å². The Morgan fingerprint density at radius 1 is 1.30 bits per heavy atom. The molecule has 0 radical (unpaired) electrons. The third kappa shape index (κ3) is 4.05. The van der Waals surface area contributed by atoms with Gasteiger partial charge in [0.15, 0.2) is 0 Å². The highest BCUT2D eigenvalue weighted by molar-refractivity contribution is 9.10. The molecule has 0 aliphatic rings. The van der Waals surface area contributed by atoms with E-state index in [-0.39, 0.29) is 6.04 Å². The highest BCUT2D eigenvalue weighted by Crippen LogP contribution is 2.27. The number of benzene rings is 1. The molecule has 20 heavy (non-hydrogen) atoms. The van der Waals surface area contributed by atoms with Crippen LogP contribution >= 0.6 is 15.9 Å². The highest BCUT2D eigenvalue weighted by atomic mass is 79.9. The second-order valence-electron chi connectivity index (χ2n) is 4.91. The Kier molecular flexibility index (Phi) is 5.15. The zero-order valence-electron chi connectivity index (χ0n) is 11.8. The molecule has 0 aliphatic heterocycles. The predicted octanol–water partition coefficient (Wildman–Crippen LogP) is 4.22. The number of rotatable bonds is 5. The summed E-state index contributed by atoms with van der Waals surface area (Å²) in [6, 6.07) is 8.11. The normalized spacial score (nSPS) is 12.2. The molecule has 1 aromatic carbocycles. The lowest BCUT2D eigenvalue weighted by Gasteiger charge is -2.11. The van der Waals surface area contributed by atoms with Crippen molar-refractivity contribution in [2.24, 2.45) is 5.73 Å². The average Bonchev–Trinajstić information content (AvgIpc) is 2.42. The van der Waals surface area contributed by atoms with Crippen LogP contribution in [0.15, 0.2) is 41.1 Å². The molecule has 2 aromatic rings. The van der Waals surface area contributed by atoms with Crippen LogP contribution in [-0.2, 0) is 6.42 Å². The van der Waals surface area contributed by atoms with Gasteiger partial charge < -0.3 is 10.5 Å². The summed E-state index contributed by atoms with van der Waals surface area (Å²) in [7, 11) is 0. The van der Waals surface area contributed by atoms with E-state index in [0.717, 1.165) is 39.9 Å². The first-order valence-corrected chi connectivity index (χ1v) is 7.51. The number of hydrogen-bond acceptors (Lipinski definition) is 3. The Balaban J connectivity index is 2.15. The molecule has 0 aliphatic carbocycles. The van der Waals surface area contributed by atoms with Crippen LogP contribution < -0.4 is 10.5 Å². The van der Waals surface area contributed by atoms with Crippen LogP contribution in [0.25, 0.3) is 0 Å². The summed E-state index contributed by atoms with van der Waals surface area (Å²) in [4.78, 5) is 4.23. The number of aromatic nitrogens is 1. The standard InChI is InChI=1S/C16H19BrN2O/c1-3-14(18)7-12-8-15(10-19-9-12)20-16-5-4-13(17)6-11(16)2/h4-6,8-10,14H,3,7,18H2,1-2H3. The van der Waals surface area contributed by atoms with E-state index in [1.165, 1.54) is 0 Å². The van der Waals surface area contributed by atoms with Gasteiger partial charge in [0.2, 0.25) is 0 Å². The largest absolute Gasteiger partial charge is 0.455 e. The first-order valence-electron chi connectivity index (χ1n) is 6.72. The van der Waals surface area contributed by atoms with Crippen molar-refractivity contribution in [1.82, 2.24) is 4.98 Å². The summed E-state index contributed by atoms with van der Waals surface area (Å²) in [5.74, 6) is 1.59. The lowest BCUT2D eigenvalue weighted by atomic mass is 10.1. The molecule has 0 fully saturated rings. The number of nitrogens with two attached hydrogens (primary N) is 1. The minimum absolute atomic E-state index is 0.168. The van der Waals surface area contributed by atoms with Crippen molar-refractivity contribution in [1.29, 1.82) is 0 Å². The maximum Gasteiger partial charge on any atom is 0.145 e. The van der Waals surface area contributed by atoms with Crippen LogP contribution in [0.3, 0.4) is 0 Å². The van der Waals surface area contributed by atoms with E-state index in [0.29, 0.717) is 0 Å².